The van der Waals surface area contributed by atoms with E-state index < -0.39 is 0 Å². The molecule has 0 atom stereocenters. The minimum absolute atomic E-state index is 0.372. The van der Waals surface area contributed by atoms with E-state index in [1.54, 1.807) is 7.11 Å². The normalized spacial score (nSPS) is 20.0. The molecule has 3 heteroatoms. The van der Waals surface area contributed by atoms with E-state index in [1.165, 1.54) is 25.9 Å². The third-order valence-corrected chi connectivity index (χ3v) is 2.98. The van der Waals surface area contributed by atoms with E-state index in [-0.39, 0.29) is 0 Å². The largest absolute Gasteiger partial charge is 0.383 e. The van der Waals surface area contributed by atoms with E-state index in [1.807, 2.05) is 0 Å². The highest BCUT2D eigenvalue weighted by Gasteiger charge is 2.19. The van der Waals surface area contributed by atoms with Gasteiger partial charge in [-0.25, -0.2) is 0 Å². The van der Waals surface area contributed by atoms with Gasteiger partial charge in [0.25, 0.3) is 0 Å². The molecular weight excluding hydrogens is 190 g/mol. The molecule has 3 nitrogen and oxygen atoms in total. The first-order valence-electron chi connectivity index (χ1n) is 6.05. The zero-order valence-corrected chi connectivity index (χ0v) is 10.4. The molecule has 0 N–H and O–H groups in total. The molecule has 1 aliphatic heterocycles. The van der Waals surface area contributed by atoms with E-state index in [9.17, 15) is 0 Å². The predicted octanol–water partition coefficient (Wildman–Crippen LogP) is 1.77. The molecule has 0 bridgehead atoms. The lowest BCUT2D eigenvalue weighted by atomic mass is 9.98. The van der Waals surface area contributed by atoms with Crippen molar-refractivity contribution in [3.63, 3.8) is 0 Å². The quantitative estimate of drug-likeness (QED) is 0.674. The van der Waals surface area contributed by atoms with Gasteiger partial charge in [0.2, 0.25) is 0 Å². The van der Waals surface area contributed by atoms with Crippen LogP contribution in [0.1, 0.15) is 26.7 Å². The van der Waals surface area contributed by atoms with Crippen molar-refractivity contribution in [1.29, 1.82) is 0 Å². The Morgan fingerprint density at radius 3 is 2.47 bits per heavy atom. The first-order chi connectivity index (χ1) is 7.22. The van der Waals surface area contributed by atoms with Gasteiger partial charge in [0.05, 0.1) is 12.7 Å². The summed E-state index contributed by atoms with van der Waals surface area (Å²) in [6.45, 7) is 9.49. The molecule has 1 saturated heterocycles. The minimum Gasteiger partial charge on any atom is -0.383 e. The number of hydrogen-bond acceptors (Lipinski definition) is 3. The van der Waals surface area contributed by atoms with Crippen LogP contribution in [-0.2, 0) is 9.47 Å². The standard InChI is InChI=1S/C12H25NO2/c1-11(2)15-10-12-4-6-13(7-5-12)8-9-14-3/h11-12H,4-10H2,1-3H3. The average Bonchev–Trinajstić information content (AvgIpc) is 2.25. The first kappa shape index (κ1) is 12.9. The lowest BCUT2D eigenvalue weighted by Gasteiger charge is -2.31. The van der Waals surface area contributed by atoms with Gasteiger partial charge >= 0.3 is 0 Å². The molecule has 0 aromatic heterocycles. The van der Waals surface area contributed by atoms with Crippen LogP contribution >= 0.6 is 0 Å². The number of piperidine rings is 1. The van der Waals surface area contributed by atoms with Crippen molar-refractivity contribution in [2.45, 2.75) is 32.8 Å². The highest BCUT2D eigenvalue weighted by molar-refractivity contribution is 4.72. The number of nitrogens with zero attached hydrogens (tertiary/aromatic N) is 1. The summed E-state index contributed by atoms with van der Waals surface area (Å²) in [4.78, 5) is 2.48. The Morgan fingerprint density at radius 1 is 1.27 bits per heavy atom. The van der Waals surface area contributed by atoms with E-state index in [0.717, 1.165) is 25.7 Å². The monoisotopic (exact) mass is 215 g/mol. The Morgan fingerprint density at radius 2 is 1.93 bits per heavy atom. The molecule has 1 heterocycles. The second kappa shape index (κ2) is 7.20. The molecule has 0 aromatic carbocycles. The average molecular weight is 215 g/mol. The molecule has 0 aromatic rings. The van der Waals surface area contributed by atoms with Crippen LogP contribution in [0, 0.1) is 5.92 Å². The molecule has 1 rings (SSSR count). The zero-order valence-electron chi connectivity index (χ0n) is 10.4. The second-order valence-corrected chi connectivity index (χ2v) is 4.66. The second-order valence-electron chi connectivity index (χ2n) is 4.66. The minimum atomic E-state index is 0.372. The molecule has 0 aliphatic carbocycles. The summed E-state index contributed by atoms with van der Waals surface area (Å²) in [5, 5.41) is 0. The van der Waals surface area contributed by atoms with Gasteiger partial charge in [-0.1, -0.05) is 0 Å². The Labute approximate surface area is 93.7 Å². The molecule has 1 aliphatic rings. The molecule has 0 spiro atoms. The Balaban J connectivity index is 2.07. The van der Waals surface area contributed by atoms with Gasteiger partial charge in [-0.2, -0.15) is 0 Å². The van der Waals surface area contributed by atoms with Crippen LogP contribution in [-0.4, -0.2) is 51.0 Å². The van der Waals surface area contributed by atoms with Crippen LogP contribution in [0.3, 0.4) is 0 Å². The van der Waals surface area contributed by atoms with Crippen LogP contribution < -0.4 is 0 Å². The van der Waals surface area contributed by atoms with Gasteiger partial charge in [0.1, 0.15) is 0 Å². The Bertz CT molecular complexity index is 154. The Kier molecular flexibility index (Phi) is 6.22. The molecule has 0 unspecified atom stereocenters. The molecule has 0 radical (unpaired) electrons. The predicted molar refractivity (Wildman–Crippen MR) is 62.1 cm³/mol. The Hall–Kier alpha value is -0.120. The molecule has 0 amide bonds. The van der Waals surface area contributed by atoms with E-state index in [2.05, 4.69) is 18.7 Å². The van der Waals surface area contributed by atoms with Gasteiger partial charge in [0, 0.05) is 20.3 Å². The third-order valence-electron chi connectivity index (χ3n) is 2.98. The molecule has 90 valence electrons. The van der Waals surface area contributed by atoms with Gasteiger partial charge in [0.15, 0.2) is 0 Å². The number of hydrogen-bond donors (Lipinski definition) is 0. The topological polar surface area (TPSA) is 21.7 Å². The van der Waals surface area contributed by atoms with E-state index in [4.69, 9.17) is 9.47 Å². The SMILES string of the molecule is COCCN1CCC(COC(C)C)CC1. The highest BCUT2D eigenvalue weighted by atomic mass is 16.5. The van der Waals surface area contributed by atoms with Crippen LogP contribution in [0.2, 0.25) is 0 Å². The summed E-state index contributed by atoms with van der Waals surface area (Å²) in [5.74, 6) is 0.770. The summed E-state index contributed by atoms with van der Waals surface area (Å²) in [6, 6.07) is 0. The van der Waals surface area contributed by atoms with Crippen molar-refractivity contribution in [3.05, 3.63) is 0 Å². The van der Waals surface area contributed by atoms with E-state index in [0.29, 0.717) is 6.10 Å². The van der Waals surface area contributed by atoms with Gasteiger partial charge in [-0.3, -0.25) is 0 Å². The van der Waals surface area contributed by atoms with Gasteiger partial charge in [-0.15, -0.1) is 0 Å². The molecule has 0 saturated carbocycles. The van der Waals surface area contributed by atoms with Crippen LogP contribution in [0.4, 0.5) is 0 Å². The number of rotatable bonds is 6. The maximum atomic E-state index is 5.65. The van der Waals surface area contributed by atoms with Gasteiger partial charge in [-0.05, 0) is 45.7 Å². The van der Waals surface area contributed by atoms with Crippen LogP contribution in [0.15, 0.2) is 0 Å². The fourth-order valence-corrected chi connectivity index (χ4v) is 1.93. The lowest BCUT2D eigenvalue weighted by molar-refractivity contribution is 0.0273. The van der Waals surface area contributed by atoms with Crippen LogP contribution in [0.25, 0.3) is 0 Å². The summed E-state index contributed by atoms with van der Waals surface area (Å²) in [5.41, 5.74) is 0. The molecular formula is C12H25NO2. The maximum Gasteiger partial charge on any atom is 0.0589 e. The summed E-state index contributed by atoms with van der Waals surface area (Å²) < 4.78 is 10.7. The number of likely N-dealkylation sites (tertiary alicyclic amines) is 1. The summed E-state index contributed by atoms with van der Waals surface area (Å²) >= 11 is 0. The molecule has 15 heavy (non-hydrogen) atoms. The van der Waals surface area contributed by atoms with Crippen molar-refractivity contribution in [1.82, 2.24) is 4.90 Å². The van der Waals surface area contributed by atoms with Crippen molar-refractivity contribution in [2.75, 3.05) is 40.0 Å². The molecule has 1 fully saturated rings. The zero-order chi connectivity index (χ0) is 11.1. The number of methoxy groups -OCH3 is 1. The highest BCUT2D eigenvalue weighted by Crippen LogP contribution is 2.17. The van der Waals surface area contributed by atoms with Crippen molar-refractivity contribution >= 4 is 0 Å². The third kappa shape index (κ3) is 5.50. The summed E-state index contributed by atoms with van der Waals surface area (Å²) in [7, 11) is 1.77. The lowest BCUT2D eigenvalue weighted by Crippen LogP contribution is -2.37. The maximum absolute atomic E-state index is 5.65. The van der Waals surface area contributed by atoms with Crippen molar-refractivity contribution in [3.8, 4) is 0 Å². The van der Waals surface area contributed by atoms with Crippen molar-refractivity contribution < 1.29 is 9.47 Å². The first-order valence-corrected chi connectivity index (χ1v) is 6.05. The van der Waals surface area contributed by atoms with Crippen LogP contribution in [0.5, 0.6) is 0 Å². The van der Waals surface area contributed by atoms with Gasteiger partial charge < -0.3 is 14.4 Å². The fourth-order valence-electron chi connectivity index (χ4n) is 1.93. The summed E-state index contributed by atoms with van der Waals surface area (Å²) in [6.07, 6.45) is 2.92. The van der Waals surface area contributed by atoms with Crippen molar-refractivity contribution in [2.24, 2.45) is 5.92 Å². The smallest absolute Gasteiger partial charge is 0.0589 e. The fraction of sp³-hybridized carbons (Fsp3) is 1.00. The number of ether oxygens (including phenoxy) is 2. The van der Waals surface area contributed by atoms with E-state index >= 15 is 0 Å².